The van der Waals surface area contributed by atoms with Crippen molar-refractivity contribution in [3.63, 3.8) is 0 Å². The van der Waals surface area contributed by atoms with E-state index in [4.69, 9.17) is 9.15 Å². The van der Waals surface area contributed by atoms with Crippen molar-refractivity contribution in [2.24, 2.45) is 0 Å². The molecule has 0 bridgehead atoms. The first-order valence-corrected chi connectivity index (χ1v) is 8.90. The van der Waals surface area contributed by atoms with Crippen molar-refractivity contribution in [3.05, 3.63) is 89.6 Å². The van der Waals surface area contributed by atoms with Gasteiger partial charge in [0.1, 0.15) is 17.3 Å². The smallest absolute Gasteiger partial charge is 0.261 e. The van der Waals surface area contributed by atoms with Crippen LogP contribution in [-0.2, 0) is 24.3 Å². The molecule has 0 aliphatic rings. The number of carbonyl (C=O) groups is 1. The molecule has 1 amide bonds. The van der Waals surface area contributed by atoms with Crippen LogP contribution in [-0.4, -0.2) is 17.4 Å². The van der Waals surface area contributed by atoms with Crippen LogP contribution in [0.5, 0.6) is 5.75 Å². The van der Waals surface area contributed by atoms with Crippen LogP contribution in [0.2, 0.25) is 0 Å². The molecular formula is C22H22FNO3. The molecule has 0 saturated carbocycles. The Hall–Kier alpha value is -3.08. The van der Waals surface area contributed by atoms with Crippen LogP contribution in [0.3, 0.4) is 0 Å². The second kappa shape index (κ2) is 9.03. The van der Waals surface area contributed by atoms with Gasteiger partial charge in [-0.3, -0.25) is 4.79 Å². The third-order valence-corrected chi connectivity index (χ3v) is 4.26. The summed E-state index contributed by atoms with van der Waals surface area (Å²) in [6, 6.07) is 17.4. The lowest BCUT2D eigenvalue weighted by atomic mass is 10.1. The first-order valence-electron chi connectivity index (χ1n) is 8.90. The van der Waals surface area contributed by atoms with Crippen LogP contribution < -0.4 is 4.74 Å². The molecule has 1 heterocycles. The molecule has 3 rings (SSSR count). The summed E-state index contributed by atoms with van der Waals surface area (Å²) in [6.07, 6.45) is 2.56. The first kappa shape index (κ1) is 18.7. The van der Waals surface area contributed by atoms with Crippen molar-refractivity contribution in [1.82, 2.24) is 4.90 Å². The Kier molecular flexibility index (Phi) is 6.26. The highest BCUT2D eigenvalue weighted by Gasteiger charge is 2.17. The average Bonchev–Trinajstić information content (AvgIpc) is 3.20. The van der Waals surface area contributed by atoms with E-state index in [-0.39, 0.29) is 18.3 Å². The van der Waals surface area contributed by atoms with E-state index in [2.05, 4.69) is 19.1 Å². The van der Waals surface area contributed by atoms with Crippen molar-refractivity contribution in [1.29, 1.82) is 0 Å². The number of ether oxygens (including phenoxy) is 1. The molecule has 0 aliphatic carbocycles. The molecule has 5 heteroatoms. The third kappa shape index (κ3) is 5.45. The van der Waals surface area contributed by atoms with E-state index in [1.165, 1.54) is 29.8 Å². The average molecular weight is 367 g/mol. The van der Waals surface area contributed by atoms with E-state index >= 15 is 0 Å². The number of nitrogens with zero attached hydrogens (tertiary/aromatic N) is 1. The van der Waals surface area contributed by atoms with E-state index in [0.29, 0.717) is 24.6 Å². The highest BCUT2D eigenvalue weighted by Crippen LogP contribution is 2.15. The molecule has 4 nitrogen and oxygen atoms in total. The summed E-state index contributed by atoms with van der Waals surface area (Å²) in [7, 11) is 0. The number of benzene rings is 2. The standard InChI is InChI=1S/C22H22FNO3/c1-2-17-5-7-18(8-6-17)14-24(15-21-4-3-13-26-21)22(25)16-27-20-11-9-19(23)10-12-20/h3-13H,2,14-16H2,1H3. The Morgan fingerprint density at radius 1 is 1.00 bits per heavy atom. The molecule has 0 unspecified atom stereocenters. The lowest BCUT2D eigenvalue weighted by Gasteiger charge is -2.22. The van der Waals surface area contributed by atoms with E-state index < -0.39 is 0 Å². The Morgan fingerprint density at radius 3 is 2.33 bits per heavy atom. The summed E-state index contributed by atoms with van der Waals surface area (Å²) in [6.45, 7) is 2.79. The summed E-state index contributed by atoms with van der Waals surface area (Å²) in [5.74, 6) is 0.643. The number of halogens is 1. The second-order valence-corrected chi connectivity index (χ2v) is 6.24. The maximum absolute atomic E-state index is 13.0. The SMILES string of the molecule is CCc1ccc(CN(Cc2ccco2)C(=O)COc2ccc(F)cc2)cc1. The van der Waals surface area contributed by atoms with Crippen molar-refractivity contribution < 1.29 is 18.3 Å². The maximum Gasteiger partial charge on any atom is 0.261 e. The maximum atomic E-state index is 13.0. The zero-order chi connectivity index (χ0) is 19.1. The molecule has 0 atom stereocenters. The van der Waals surface area contributed by atoms with Crippen LogP contribution in [0.15, 0.2) is 71.3 Å². The van der Waals surface area contributed by atoms with E-state index in [1.807, 2.05) is 18.2 Å². The molecule has 0 spiro atoms. The van der Waals surface area contributed by atoms with Gasteiger partial charge in [0.15, 0.2) is 6.61 Å². The number of amides is 1. The summed E-state index contributed by atoms with van der Waals surface area (Å²) in [5, 5.41) is 0. The number of carbonyl (C=O) groups excluding carboxylic acids is 1. The van der Waals surface area contributed by atoms with Gasteiger partial charge in [-0.1, -0.05) is 31.2 Å². The van der Waals surface area contributed by atoms with Crippen LogP contribution in [0, 0.1) is 5.82 Å². The fourth-order valence-electron chi connectivity index (χ4n) is 2.69. The summed E-state index contributed by atoms with van der Waals surface area (Å²) < 4.78 is 23.9. The van der Waals surface area contributed by atoms with E-state index in [0.717, 1.165) is 12.0 Å². The number of aryl methyl sites for hydroxylation is 1. The highest BCUT2D eigenvalue weighted by atomic mass is 19.1. The number of hydrogen-bond donors (Lipinski definition) is 0. The number of furan rings is 1. The van der Waals surface area contributed by atoms with Crippen molar-refractivity contribution >= 4 is 5.91 Å². The topological polar surface area (TPSA) is 42.7 Å². The molecule has 140 valence electrons. The predicted octanol–water partition coefficient (Wildman–Crippen LogP) is 4.59. The molecule has 2 aromatic carbocycles. The molecule has 3 aromatic rings. The third-order valence-electron chi connectivity index (χ3n) is 4.26. The lowest BCUT2D eigenvalue weighted by Crippen LogP contribution is -2.34. The molecule has 0 fully saturated rings. The van der Waals surface area contributed by atoms with Gasteiger partial charge in [-0.25, -0.2) is 4.39 Å². The Morgan fingerprint density at radius 2 is 1.70 bits per heavy atom. The van der Waals surface area contributed by atoms with Crippen LogP contribution in [0.1, 0.15) is 23.8 Å². The van der Waals surface area contributed by atoms with Gasteiger partial charge in [-0.2, -0.15) is 0 Å². The highest BCUT2D eigenvalue weighted by molar-refractivity contribution is 5.77. The molecule has 1 aromatic heterocycles. The molecular weight excluding hydrogens is 345 g/mol. The molecule has 0 saturated heterocycles. The predicted molar refractivity (Wildman–Crippen MR) is 101 cm³/mol. The molecule has 0 radical (unpaired) electrons. The van der Waals surface area contributed by atoms with Gasteiger partial charge in [0.2, 0.25) is 0 Å². The van der Waals surface area contributed by atoms with Gasteiger partial charge in [-0.05, 0) is 53.9 Å². The van der Waals surface area contributed by atoms with E-state index in [9.17, 15) is 9.18 Å². The quantitative estimate of drug-likeness (QED) is 0.585. The minimum atomic E-state index is -0.344. The zero-order valence-corrected chi connectivity index (χ0v) is 15.2. The normalized spacial score (nSPS) is 10.6. The van der Waals surface area contributed by atoms with Crippen LogP contribution in [0.25, 0.3) is 0 Å². The summed E-state index contributed by atoms with van der Waals surface area (Å²) in [5.41, 5.74) is 2.29. The van der Waals surface area contributed by atoms with Gasteiger partial charge in [-0.15, -0.1) is 0 Å². The Balaban J connectivity index is 1.67. The van der Waals surface area contributed by atoms with Crippen LogP contribution in [0.4, 0.5) is 4.39 Å². The summed E-state index contributed by atoms with van der Waals surface area (Å²) in [4.78, 5) is 14.4. The van der Waals surface area contributed by atoms with Gasteiger partial charge >= 0.3 is 0 Å². The first-order chi connectivity index (χ1) is 13.1. The van der Waals surface area contributed by atoms with Crippen molar-refractivity contribution in [3.8, 4) is 5.75 Å². The number of hydrogen-bond acceptors (Lipinski definition) is 3. The minimum absolute atomic E-state index is 0.126. The minimum Gasteiger partial charge on any atom is -0.484 e. The van der Waals surface area contributed by atoms with Crippen LogP contribution >= 0.6 is 0 Å². The lowest BCUT2D eigenvalue weighted by molar-refractivity contribution is -0.134. The Labute approximate surface area is 158 Å². The Bertz CT molecular complexity index is 842. The van der Waals surface area contributed by atoms with E-state index in [1.54, 1.807) is 17.2 Å². The fourth-order valence-corrected chi connectivity index (χ4v) is 2.69. The molecule has 0 aliphatic heterocycles. The largest absolute Gasteiger partial charge is 0.484 e. The van der Waals surface area contributed by atoms with Crippen molar-refractivity contribution in [2.45, 2.75) is 26.4 Å². The van der Waals surface area contributed by atoms with Gasteiger partial charge < -0.3 is 14.1 Å². The monoisotopic (exact) mass is 367 g/mol. The summed E-state index contributed by atoms with van der Waals surface area (Å²) >= 11 is 0. The fraction of sp³-hybridized carbons (Fsp3) is 0.227. The molecule has 0 N–H and O–H groups in total. The second-order valence-electron chi connectivity index (χ2n) is 6.24. The molecule has 27 heavy (non-hydrogen) atoms. The number of rotatable bonds is 8. The van der Waals surface area contributed by atoms with Gasteiger partial charge in [0.25, 0.3) is 5.91 Å². The van der Waals surface area contributed by atoms with Crippen molar-refractivity contribution in [2.75, 3.05) is 6.61 Å². The van der Waals surface area contributed by atoms with Gasteiger partial charge in [0.05, 0.1) is 12.8 Å². The van der Waals surface area contributed by atoms with Gasteiger partial charge in [0, 0.05) is 6.54 Å². The zero-order valence-electron chi connectivity index (χ0n) is 15.2.